The predicted molar refractivity (Wildman–Crippen MR) is 114 cm³/mol. The van der Waals surface area contributed by atoms with Gasteiger partial charge in [0, 0.05) is 29.3 Å². The second kappa shape index (κ2) is 9.38. The van der Waals surface area contributed by atoms with Crippen molar-refractivity contribution in [3.05, 3.63) is 86.2 Å². The summed E-state index contributed by atoms with van der Waals surface area (Å²) < 4.78 is 0.696. The van der Waals surface area contributed by atoms with Crippen LogP contribution in [0.3, 0.4) is 0 Å². The van der Waals surface area contributed by atoms with Crippen molar-refractivity contribution in [1.29, 1.82) is 0 Å². The molecule has 0 bridgehead atoms. The molecule has 0 aromatic heterocycles. The number of thioether (sulfide) groups is 2. The van der Waals surface area contributed by atoms with Crippen molar-refractivity contribution in [3.8, 4) is 0 Å². The summed E-state index contributed by atoms with van der Waals surface area (Å²) in [6, 6.07) is 14.9. The molecule has 6 nitrogen and oxygen atoms in total. The zero-order chi connectivity index (χ0) is 19.9. The van der Waals surface area contributed by atoms with Gasteiger partial charge in [-0.3, -0.25) is 19.7 Å². The number of hydrogen-bond acceptors (Lipinski definition) is 6. The fraction of sp³-hybridized carbons (Fsp3) is 0.100. The number of amides is 1. The molecule has 8 heteroatoms. The van der Waals surface area contributed by atoms with Crippen LogP contribution >= 0.6 is 23.5 Å². The summed E-state index contributed by atoms with van der Waals surface area (Å²) in [5.74, 6) is 0.780. The number of carbonyl (C=O) groups excluding carboxylic acids is 2. The van der Waals surface area contributed by atoms with Gasteiger partial charge in [0.15, 0.2) is 5.78 Å². The van der Waals surface area contributed by atoms with E-state index in [1.807, 2.05) is 6.07 Å². The molecule has 1 saturated heterocycles. The number of anilines is 1. The Balaban J connectivity index is 1.83. The number of para-hydroxylation sites is 1. The molecule has 1 fully saturated rings. The number of carbonyl (C=O) groups is 2. The Morgan fingerprint density at radius 3 is 2.43 bits per heavy atom. The smallest absolute Gasteiger partial charge is 0.270 e. The minimum atomic E-state index is -0.494. The predicted octanol–water partition coefficient (Wildman–Crippen LogP) is 4.51. The van der Waals surface area contributed by atoms with Crippen LogP contribution in [0, 0.1) is 10.1 Å². The van der Waals surface area contributed by atoms with Crippen molar-refractivity contribution in [2.24, 2.45) is 0 Å². The number of nitro groups is 1. The molecule has 0 unspecified atom stereocenters. The summed E-state index contributed by atoms with van der Waals surface area (Å²) in [6.07, 6.45) is 2.77. The van der Waals surface area contributed by atoms with E-state index in [4.69, 9.17) is 0 Å². The van der Waals surface area contributed by atoms with Crippen molar-refractivity contribution in [1.82, 2.24) is 0 Å². The summed E-state index contributed by atoms with van der Waals surface area (Å²) in [6.45, 7) is 0. The number of hydrogen-bond donors (Lipinski definition) is 1. The van der Waals surface area contributed by atoms with Crippen molar-refractivity contribution in [2.75, 3.05) is 16.8 Å². The maximum Gasteiger partial charge on any atom is 0.270 e. The minimum absolute atomic E-state index is 0.0584. The molecule has 2 aromatic rings. The molecule has 1 amide bonds. The molecule has 28 heavy (non-hydrogen) atoms. The van der Waals surface area contributed by atoms with E-state index in [0.29, 0.717) is 15.5 Å². The number of nitro benzene ring substituents is 1. The average Bonchev–Trinajstić information content (AvgIpc) is 3.21. The highest BCUT2D eigenvalue weighted by molar-refractivity contribution is 8.25. The van der Waals surface area contributed by atoms with Gasteiger partial charge in [-0.2, -0.15) is 0 Å². The fourth-order valence-electron chi connectivity index (χ4n) is 2.47. The molecule has 0 atom stereocenters. The second-order valence-corrected chi connectivity index (χ2v) is 8.20. The topological polar surface area (TPSA) is 89.3 Å². The zero-order valence-corrected chi connectivity index (χ0v) is 16.3. The lowest BCUT2D eigenvalue weighted by atomic mass is 10.1. The van der Waals surface area contributed by atoms with Crippen LogP contribution in [0.1, 0.15) is 5.56 Å². The van der Waals surface area contributed by atoms with Crippen LogP contribution < -0.4 is 5.32 Å². The molecule has 1 aliphatic heterocycles. The first-order chi connectivity index (χ1) is 13.5. The van der Waals surface area contributed by atoms with Gasteiger partial charge in [-0.25, -0.2) is 0 Å². The van der Waals surface area contributed by atoms with Gasteiger partial charge in [-0.1, -0.05) is 36.4 Å². The van der Waals surface area contributed by atoms with E-state index in [2.05, 4.69) is 5.32 Å². The summed E-state index contributed by atoms with van der Waals surface area (Å²) in [5, 5.41) is 13.6. The fourth-order valence-corrected chi connectivity index (χ4v) is 5.02. The molecular formula is C20H16N2O4S2. The third kappa shape index (κ3) is 5.11. The van der Waals surface area contributed by atoms with Crippen LogP contribution in [0.2, 0.25) is 0 Å². The Labute approximate surface area is 170 Å². The molecule has 0 aliphatic carbocycles. The lowest BCUT2D eigenvalue weighted by Crippen LogP contribution is -2.20. The Hall–Kier alpha value is -2.84. The number of ketones is 1. The first-order valence-corrected chi connectivity index (χ1v) is 10.3. The highest BCUT2D eigenvalue weighted by Gasteiger charge is 2.25. The number of nitrogens with one attached hydrogen (secondary N) is 1. The van der Waals surface area contributed by atoms with Gasteiger partial charge in [0.25, 0.3) is 11.6 Å². The minimum Gasteiger partial charge on any atom is -0.322 e. The van der Waals surface area contributed by atoms with Gasteiger partial charge in [0.1, 0.15) is 5.57 Å². The van der Waals surface area contributed by atoms with Crippen LogP contribution in [0.25, 0.3) is 6.08 Å². The van der Waals surface area contributed by atoms with E-state index in [-0.39, 0.29) is 11.3 Å². The normalized spacial score (nSPS) is 13.5. The lowest BCUT2D eigenvalue weighted by Gasteiger charge is -2.09. The highest BCUT2D eigenvalue weighted by atomic mass is 32.2. The number of rotatable bonds is 6. The first kappa shape index (κ1) is 19.9. The van der Waals surface area contributed by atoms with Crippen LogP contribution in [0.4, 0.5) is 11.4 Å². The molecule has 3 rings (SSSR count). The SMILES string of the molecule is O=C(/C=C/c1cccc([N+](=O)[O-])c1)C(C(=O)Nc1ccccc1)=C1SCCS1. The standard InChI is InChI=1S/C20H16N2O4S2/c23-17(10-9-14-5-4-8-16(13-14)22(25)26)18(20-27-11-12-28-20)19(24)21-15-6-2-1-3-7-15/h1-10,13H,11-12H2,(H,21,24)/b10-9+. The highest BCUT2D eigenvalue weighted by Crippen LogP contribution is 2.39. The van der Waals surface area contributed by atoms with Crippen LogP contribution in [-0.2, 0) is 9.59 Å². The van der Waals surface area contributed by atoms with E-state index in [0.717, 1.165) is 11.5 Å². The van der Waals surface area contributed by atoms with Gasteiger partial charge in [0.05, 0.1) is 9.16 Å². The third-order valence-corrected chi connectivity index (χ3v) is 6.48. The summed E-state index contributed by atoms with van der Waals surface area (Å²) in [5.41, 5.74) is 1.16. The van der Waals surface area contributed by atoms with E-state index >= 15 is 0 Å². The lowest BCUT2D eigenvalue weighted by molar-refractivity contribution is -0.384. The summed E-state index contributed by atoms with van der Waals surface area (Å²) in [7, 11) is 0. The van der Waals surface area contributed by atoms with E-state index in [9.17, 15) is 19.7 Å². The van der Waals surface area contributed by atoms with Crippen LogP contribution in [-0.4, -0.2) is 28.1 Å². The molecular weight excluding hydrogens is 396 g/mol. The molecule has 0 saturated carbocycles. The maximum absolute atomic E-state index is 12.8. The second-order valence-electron chi connectivity index (χ2n) is 5.73. The molecule has 1 aliphatic rings. The van der Waals surface area contributed by atoms with Gasteiger partial charge >= 0.3 is 0 Å². The molecule has 0 radical (unpaired) electrons. The Bertz CT molecular complexity index is 963. The largest absolute Gasteiger partial charge is 0.322 e. The Kier molecular flexibility index (Phi) is 6.67. The van der Waals surface area contributed by atoms with Crippen molar-refractivity contribution in [2.45, 2.75) is 0 Å². The van der Waals surface area contributed by atoms with E-state index in [1.54, 1.807) is 36.4 Å². The molecule has 1 N–H and O–H groups in total. The summed E-state index contributed by atoms with van der Waals surface area (Å²) in [4.78, 5) is 35.9. The Morgan fingerprint density at radius 2 is 1.75 bits per heavy atom. The zero-order valence-electron chi connectivity index (χ0n) is 14.7. The number of non-ortho nitro benzene ring substituents is 1. The molecule has 2 aromatic carbocycles. The van der Waals surface area contributed by atoms with Crippen molar-refractivity contribution >= 4 is 52.7 Å². The maximum atomic E-state index is 12.8. The molecule has 142 valence electrons. The van der Waals surface area contributed by atoms with Crippen molar-refractivity contribution < 1.29 is 14.5 Å². The number of benzene rings is 2. The van der Waals surface area contributed by atoms with Gasteiger partial charge in [-0.15, -0.1) is 23.5 Å². The third-order valence-electron chi connectivity index (χ3n) is 3.77. The number of allylic oxidation sites excluding steroid dienone is 1. The quantitative estimate of drug-likeness (QED) is 0.247. The Morgan fingerprint density at radius 1 is 1.04 bits per heavy atom. The van der Waals surface area contributed by atoms with Crippen LogP contribution in [0.5, 0.6) is 0 Å². The summed E-state index contributed by atoms with van der Waals surface area (Å²) >= 11 is 2.97. The molecule has 1 heterocycles. The van der Waals surface area contributed by atoms with Crippen molar-refractivity contribution in [3.63, 3.8) is 0 Å². The van der Waals surface area contributed by atoms with E-state index in [1.165, 1.54) is 47.8 Å². The van der Waals surface area contributed by atoms with Gasteiger partial charge < -0.3 is 5.32 Å². The molecule has 0 spiro atoms. The van der Waals surface area contributed by atoms with Crippen LogP contribution in [0.15, 0.2) is 70.5 Å². The first-order valence-electron chi connectivity index (χ1n) is 8.38. The van der Waals surface area contributed by atoms with Gasteiger partial charge in [-0.05, 0) is 23.8 Å². The van der Waals surface area contributed by atoms with Gasteiger partial charge in [0.2, 0.25) is 0 Å². The average molecular weight is 412 g/mol. The number of nitrogens with zero attached hydrogens (tertiary/aromatic N) is 1. The monoisotopic (exact) mass is 412 g/mol. The van der Waals surface area contributed by atoms with E-state index < -0.39 is 16.6 Å².